The van der Waals surface area contributed by atoms with E-state index in [4.69, 9.17) is 0 Å². The Morgan fingerprint density at radius 3 is 2.25 bits per heavy atom. The Morgan fingerprint density at radius 2 is 1.75 bits per heavy atom. The summed E-state index contributed by atoms with van der Waals surface area (Å²) in [7, 11) is 0. The SMILES string of the molecule is O=Cc1cc(C=O)c(S)cc1F. The highest BCUT2D eigenvalue weighted by molar-refractivity contribution is 7.80. The third-order valence-electron chi connectivity index (χ3n) is 1.40. The molecule has 0 atom stereocenters. The van der Waals surface area contributed by atoms with E-state index in [0.717, 1.165) is 12.1 Å². The standard InChI is InChI=1S/C8H5FO2S/c9-7-2-8(12)6(4-11)1-5(7)3-10/h1-4,12H. The molecule has 0 unspecified atom stereocenters. The van der Waals surface area contributed by atoms with E-state index in [9.17, 15) is 14.0 Å². The maximum Gasteiger partial charge on any atom is 0.153 e. The van der Waals surface area contributed by atoms with Crippen molar-refractivity contribution in [2.75, 3.05) is 0 Å². The topological polar surface area (TPSA) is 34.1 Å². The van der Waals surface area contributed by atoms with Gasteiger partial charge in [0.2, 0.25) is 0 Å². The van der Waals surface area contributed by atoms with Crippen LogP contribution in [0, 0.1) is 5.82 Å². The van der Waals surface area contributed by atoms with Gasteiger partial charge in [-0.1, -0.05) is 0 Å². The van der Waals surface area contributed by atoms with Gasteiger partial charge in [0.15, 0.2) is 12.6 Å². The van der Waals surface area contributed by atoms with Gasteiger partial charge in [-0.05, 0) is 12.1 Å². The lowest BCUT2D eigenvalue weighted by molar-refractivity contribution is 0.111. The first-order chi connectivity index (χ1) is 5.69. The summed E-state index contributed by atoms with van der Waals surface area (Å²) in [5.74, 6) is -0.666. The Balaban J connectivity index is 3.36. The lowest BCUT2D eigenvalue weighted by Gasteiger charge is -1.99. The van der Waals surface area contributed by atoms with Gasteiger partial charge in [-0.15, -0.1) is 12.6 Å². The highest BCUT2D eigenvalue weighted by Gasteiger charge is 2.05. The molecule has 1 aromatic rings. The summed E-state index contributed by atoms with van der Waals surface area (Å²) in [5.41, 5.74) is 0.0803. The Bertz CT molecular complexity index is 307. The minimum atomic E-state index is -0.666. The van der Waals surface area contributed by atoms with Crippen molar-refractivity contribution in [1.29, 1.82) is 0 Å². The van der Waals surface area contributed by atoms with Crippen LogP contribution in [0.5, 0.6) is 0 Å². The molecule has 1 rings (SSSR count). The van der Waals surface area contributed by atoms with E-state index in [-0.39, 0.29) is 16.0 Å². The predicted molar refractivity (Wildman–Crippen MR) is 44.4 cm³/mol. The van der Waals surface area contributed by atoms with Crippen LogP contribution in [0.25, 0.3) is 0 Å². The molecule has 2 nitrogen and oxygen atoms in total. The van der Waals surface area contributed by atoms with Crippen LogP contribution in [0.15, 0.2) is 17.0 Å². The molecular formula is C8H5FO2S. The molecule has 0 bridgehead atoms. The Labute approximate surface area is 73.8 Å². The number of halogens is 1. The summed E-state index contributed by atoms with van der Waals surface area (Å²) < 4.78 is 12.8. The van der Waals surface area contributed by atoms with E-state index in [0.29, 0.717) is 12.6 Å². The number of carbonyl (C=O) groups excluding carboxylic acids is 2. The van der Waals surface area contributed by atoms with Crippen LogP contribution in [0.1, 0.15) is 20.7 Å². The monoisotopic (exact) mass is 184 g/mol. The number of hydrogen-bond acceptors (Lipinski definition) is 3. The van der Waals surface area contributed by atoms with Crippen molar-refractivity contribution >= 4 is 25.2 Å². The summed E-state index contributed by atoms with van der Waals surface area (Å²) in [6.07, 6.45) is 0.879. The van der Waals surface area contributed by atoms with Gasteiger partial charge in [0.1, 0.15) is 5.82 Å². The van der Waals surface area contributed by atoms with Crippen LogP contribution >= 0.6 is 12.6 Å². The molecule has 0 aliphatic heterocycles. The molecule has 0 aliphatic rings. The summed E-state index contributed by atoms with van der Waals surface area (Å²) in [5, 5.41) is 0. The lowest BCUT2D eigenvalue weighted by atomic mass is 10.1. The minimum Gasteiger partial charge on any atom is -0.298 e. The Morgan fingerprint density at radius 1 is 1.17 bits per heavy atom. The van der Waals surface area contributed by atoms with Gasteiger partial charge < -0.3 is 0 Å². The van der Waals surface area contributed by atoms with E-state index in [2.05, 4.69) is 12.6 Å². The third-order valence-corrected chi connectivity index (χ3v) is 1.79. The zero-order valence-corrected chi connectivity index (χ0v) is 6.85. The van der Waals surface area contributed by atoms with Gasteiger partial charge in [0, 0.05) is 10.5 Å². The van der Waals surface area contributed by atoms with Gasteiger partial charge in [-0.2, -0.15) is 0 Å². The number of aldehydes is 2. The molecule has 1 aromatic carbocycles. The molecule has 0 N–H and O–H groups in total. The molecule has 0 spiro atoms. The number of carbonyl (C=O) groups is 2. The van der Waals surface area contributed by atoms with Crippen LogP contribution < -0.4 is 0 Å². The fourth-order valence-corrected chi connectivity index (χ4v) is 1.01. The first kappa shape index (κ1) is 8.93. The molecule has 0 saturated heterocycles. The number of rotatable bonds is 2. The fourth-order valence-electron chi connectivity index (χ4n) is 0.782. The van der Waals surface area contributed by atoms with E-state index in [1.807, 2.05) is 0 Å². The molecule has 0 saturated carbocycles. The van der Waals surface area contributed by atoms with Crippen LogP contribution in [0.3, 0.4) is 0 Å². The van der Waals surface area contributed by atoms with Crippen LogP contribution in [-0.4, -0.2) is 12.6 Å². The molecule has 62 valence electrons. The first-order valence-electron chi connectivity index (χ1n) is 3.12. The quantitative estimate of drug-likeness (QED) is 0.561. The van der Waals surface area contributed by atoms with Gasteiger partial charge in [-0.3, -0.25) is 9.59 Å². The number of hydrogen-bond donors (Lipinski definition) is 1. The van der Waals surface area contributed by atoms with Crippen molar-refractivity contribution in [1.82, 2.24) is 0 Å². The van der Waals surface area contributed by atoms with Crippen molar-refractivity contribution in [2.24, 2.45) is 0 Å². The molecule has 0 amide bonds. The van der Waals surface area contributed by atoms with E-state index in [1.165, 1.54) is 0 Å². The molecular weight excluding hydrogens is 179 g/mol. The molecule has 0 aromatic heterocycles. The smallest absolute Gasteiger partial charge is 0.153 e. The molecule has 0 heterocycles. The second kappa shape index (κ2) is 3.49. The molecule has 12 heavy (non-hydrogen) atoms. The molecule has 0 fully saturated rings. The molecule has 4 heteroatoms. The van der Waals surface area contributed by atoms with Crippen molar-refractivity contribution in [2.45, 2.75) is 4.90 Å². The highest BCUT2D eigenvalue weighted by Crippen LogP contribution is 2.16. The van der Waals surface area contributed by atoms with E-state index < -0.39 is 5.82 Å². The largest absolute Gasteiger partial charge is 0.298 e. The zero-order chi connectivity index (χ0) is 9.14. The van der Waals surface area contributed by atoms with Gasteiger partial charge in [0.25, 0.3) is 0 Å². The summed E-state index contributed by atoms with van der Waals surface area (Å²) in [6.45, 7) is 0. The molecule has 0 aliphatic carbocycles. The maximum atomic E-state index is 12.8. The molecule has 0 radical (unpaired) electrons. The average Bonchev–Trinajstić information content (AvgIpc) is 2.05. The fraction of sp³-hybridized carbons (Fsp3) is 0. The second-order valence-corrected chi connectivity index (χ2v) is 2.65. The van der Waals surface area contributed by atoms with Crippen molar-refractivity contribution in [3.8, 4) is 0 Å². The zero-order valence-electron chi connectivity index (χ0n) is 5.95. The minimum absolute atomic E-state index is 0.130. The van der Waals surface area contributed by atoms with Crippen molar-refractivity contribution in [3.05, 3.63) is 29.1 Å². The Hall–Kier alpha value is -1.16. The van der Waals surface area contributed by atoms with Gasteiger partial charge in [0.05, 0.1) is 5.56 Å². The van der Waals surface area contributed by atoms with Crippen molar-refractivity contribution in [3.63, 3.8) is 0 Å². The van der Waals surface area contributed by atoms with E-state index >= 15 is 0 Å². The average molecular weight is 184 g/mol. The lowest BCUT2D eigenvalue weighted by Crippen LogP contribution is -1.92. The third kappa shape index (κ3) is 1.53. The van der Waals surface area contributed by atoms with Crippen LogP contribution in [-0.2, 0) is 0 Å². The normalized spacial score (nSPS) is 9.50. The van der Waals surface area contributed by atoms with Crippen molar-refractivity contribution < 1.29 is 14.0 Å². The van der Waals surface area contributed by atoms with Gasteiger partial charge >= 0.3 is 0 Å². The van der Waals surface area contributed by atoms with Gasteiger partial charge in [-0.25, -0.2) is 4.39 Å². The van der Waals surface area contributed by atoms with Crippen LogP contribution in [0.4, 0.5) is 4.39 Å². The van der Waals surface area contributed by atoms with E-state index in [1.54, 1.807) is 0 Å². The van der Waals surface area contributed by atoms with Crippen LogP contribution in [0.2, 0.25) is 0 Å². The number of benzene rings is 1. The predicted octanol–water partition coefficient (Wildman–Crippen LogP) is 1.74. The first-order valence-corrected chi connectivity index (χ1v) is 3.56. The Kier molecular flexibility index (Phi) is 2.60. The summed E-state index contributed by atoms with van der Waals surface area (Å²) in [4.78, 5) is 20.8. The summed E-state index contributed by atoms with van der Waals surface area (Å²) in [6, 6.07) is 2.20. The second-order valence-electron chi connectivity index (χ2n) is 2.17. The summed E-state index contributed by atoms with van der Waals surface area (Å²) >= 11 is 3.85. The highest BCUT2D eigenvalue weighted by atomic mass is 32.1. The number of thiol groups is 1. The maximum absolute atomic E-state index is 12.8.